The highest BCUT2D eigenvalue weighted by atomic mass is 16.1. The summed E-state index contributed by atoms with van der Waals surface area (Å²) in [7, 11) is 4.02. The second-order valence-corrected chi connectivity index (χ2v) is 8.62. The van der Waals surface area contributed by atoms with Crippen molar-refractivity contribution in [3.8, 4) is 0 Å². The number of aryl methyl sites for hydroxylation is 4. The number of nitrogens with one attached hydrogen (secondary N) is 1. The van der Waals surface area contributed by atoms with Crippen LogP contribution in [0.3, 0.4) is 0 Å². The highest BCUT2D eigenvalue weighted by Gasteiger charge is 2.50. The minimum absolute atomic E-state index is 0.0324. The molecule has 0 saturated carbocycles. The summed E-state index contributed by atoms with van der Waals surface area (Å²) in [5.41, 5.74) is 3.29. The van der Waals surface area contributed by atoms with Crippen LogP contribution in [0.25, 0.3) is 0 Å². The maximum absolute atomic E-state index is 13.0. The van der Waals surface area contributed by atoms with E-state index in [0.29, 0.717) is 5.56 Å². The van der Waals surface area contributed by atoms with Crippen LogP contribution in [0, 0.1) is 20.8 Å². The van der Waals surface area contributed by atoms with Gasteiger partial charge in [-0.15, -0.1) is 0 Å². The summed E-state index contributed by atoms with van der Waals surface area (Å²) in [6.45, 7) is 8.64. The predicted molar refractivity (Wildman–Crippen MR) is 112 cm³/mol. The molecular weight excluding hydrogens is 366 g/mol. The fourth-order valence-electron chi connectivity index (χ4n) is 5.03. The number of hydrogen-bond donors (Lipinski definition) is 1. The number of nitrogens with zero attached hydrogens (tertiary/aromatic N) is 6. The third-order valence-corrected chi connectivity index (χ3v) is 6.48. The fraction of sp³-hybridized carbons (Fsp3) is 0.619. The van der Waals surface area contributed by atoms with Crippen LogP contribution in [0.15, 0.2) is 12.3 Å². The average Bonchev–Trinajstić information content (AvgIpc) is 3.15. The van der Waals surface area contributed by atoms with Gasteiger partial charge in [-0.25, -0.2) is 9.97 Å². The molecule has 1 amide bonds. The van der Waals surface area contributed by atoms with Gasteiger partial charge in [-0.05, 0) is 53.1 Å². The second-order valence-electron chi connectivity index (χ2n) is 8.62. The molecule has 2 unspecified atom stereocenters. The minimum Gasteiger partial charge on any atom is -0.347 e. The first-order valence-corrected chi connectivity index (χ1v) is 10.4. The lowest BCUT2D eigenvalue weighted by atomic mass is 9.82. The maximum Gasteiger partial charge on any atom is 0.255 e. The number of likely N-dealkylation sites (N-methyl/N-ethyl adjacent to an activating group) is 1. The summed E-state index contributed by atoms with van der Waals surface area (Å²) in [4.78, 5) is 27.1. The Morgan fingerprint density at radius 1 is 1.17 bits per heavy atom. The number of piperidine rings is 1. The lowest BCUT2D eigenvalue weighted by molar-refractivity contribution is 0.0838. The van der Waals surface area contributed by atoms with Gasteiger partial charge in [-0.3, -0.25) is 14.4 Å². The van der Waals surface area contributed by atoms with E-state index in [2.05, 4.69) is 37.2 Å². The van der Waals surface area contributed by atoms with Crippen molar-refractivity contribution in [2.45, 2.75) is 51.6 Å². The van der Waals surface area contributed by atoms with Gasteiger partial charge in [-0.1, -0.05) is 0 Å². The molecule has 2 fully saturated rings. The third kappa shape index (κ3) is 3.61. The molecule has 1 spiro atoms. The van der Waals surface area contributed by atoms with Crippen molar-refractivity contribution < 1.29 is 4.79 Å². The molecule has 2 aliphatic rings. The normalized spacial score (nSPS) is 25.0. The fourth-order valence-corrected chi connectivity index (χ4v) is 5.03. The van der Waals surface area contributed by atoms with Crippen LogP contribution in [-0.2, 0) is 7.05 Å². The quantitative estimate of drug-likeness (QED) is 0.848. The standard InChI is InChI=1S/C21H31N7O/c1-14-11-15(2)23-20(22-14)28-9-6-8-21(13-28)18(7-10-26(21)4)24-19(29)17-12-27(5)25-16(17)3/h11-12,18H,6-10,13H2,1-5H3,(H,24,29). The molecule has 0 aliphatic carbocycles. The third-order valence-electron chi connectivity index (χ3n) is 6.48. The van der Waals surface area contributed by atoms with Gasteiger partial charge in [0.15, 0.2) is 0 Å². The average molecular weight is 398 g/mol. The van der Waals surface area contributed by atoms with E-state index in [4.69, 9.17) is 0 Å². The van der Waals surface area contributed by atoms with Gasteiger partial charge in [-0.2, -0.15) is 5.10 Å². The molecular formula is C21H31N7O. The molecule has 8 nitrogen and oxygen atoms in total. The monoisotopic (exact) mass is 397 g/mol. The zero-order valence-electron chi connectivity index (χ0n) is 18.1. The van der Waals surface area contributed by atoms with Crippen molar-refractivity contribution in [3.05, 3.63) is 34.9 Å². The zero-order chi connectivity index (χ0) is 20.8. The Morgan fingerprint density at radius 2 is 1.90 bits per heavy atom. The van der Waals surface area contributed by atoms with Crippen LogP contribution >= 0.6 is 0 Å². The summed E-state index contributed by atoms with van der Waals surface area (Å²) in [6, 6.07) is 2.10. The van der Waals surface area contributed by atoms with Gasteiger partial charge >= 0.3 is 0 Å². The Hall–Kier alpha value is -2.48. The molecule has 8 heteroatoms. The minimum atomic E-state index is -0.106. The van der Waals surface area contributed by atoms with E-state index in [0.717, 1.165) is 61.9 Å². The van der Waals surface area contributed by atoms with Gasteiger partial charge in [0, 0.05) is 44.3 Å². The zero-order valence-corrected chi connectivity index (χ0v) is 18.1. The number of hydrogen-bond acceptors (Lipinski definition) is 6. The summed E-state index contributed by atoms with van der Waals surface area (Å²) >= 11 is 0. The molecule has 0 bridgehead atoms. The molecule has 4 heterocycles. The van der Waals surface area contributed by atoms with Crippen molar-refractivity contribution in [2.24, 2.45) is 7.05 Å². The molecule has 156 valence electrons. The van der Waals surface area contributed by atoms with Crippen molar-refractivity contribution in [1.29, 1.82) is 0 Å². The van der Waals surface area contributed by atoms with E-state index >= 15 is 0 Å². The van der Waals surface area contributed by atoms with Gasteiger partial charge < -0.3 is 10.2 Å². The van der Waals surface area contributed by atoms with E-state index < -0.39 is 0 Å². The predicted octanol–water partition coefficient (Wildman–Crippen LogP) is 1.61. The van der Waals surface area contributed by atoms with Crippen LogP contribution < -0.4 is 10.2 Å². The van der Waals surface area contributed by atoms with Crippen molar-refractivity contribution in [3.63, 3.8) is 0 Å². The lowest BCUT2D eigenvalue weighted by Gasteiger charge is -2.47. The molecule has 4 rings (SSSR count). The Morgan fingerprint density at radius 3 is 2.55 bits per heavy atom. The number of likely N-dealkylation sites (tertiary alicyclic amines) is 1. The highest BCUT2D eigenvalue weighted by Crippen LogP contribution is 2.37. The number of rotatable bonds is 3. The topological polar surface area (TPSA) is 79.2 Å². The van der Waals surface area contributed by atoms with Crippen molar-refractivity contribution in [2.75, 3.05) is 31.6 Å². The summed E-state index contributed by atoms with van der Waals surface area (Å²) in [5.74, 6) is 0.769. The van der Waals surface area contributed by atoms with Gasteiger partial charge in [0.05, 0.1) is 22.8 Å². The molecule has 0 radical (unpaired) electrons. The first-order valence-electron chi connectivity index (χ1n) is 10.4. The Labute approximate surface area is 172 Å². The van der Waals surface area contributed by atoms with Crippen LogP contribution in [0.1, 0.15) is 46.7 Å². The Balaban J connectivity index is 1.58. The van der Waals surface area contributed by atoms with Crippen LogP contribution in [0.4, 0.5) is 5.95 Å². The molecule has 29 heavy (non-hydrogen) atoms. The van der Waals surface area contributed by atoms with Gasteiger partial charge in [0.1, 0.15) is 0 Å². The molecule has 1 N–H and O–H groups in total. The Kier molecular flexibility index (Phi) is 5.06. The summed E-state index contributed by atoms with van der Waals surface area (Å²) < 4.78 is 1.69. The molecule has 2 atom stereocenters. The van der Waals surface area contributed by atoms with Crippen LogP contribution in [0.5, 0.6) is 0 Å². The van der Waals surface area contributed by atoms with E-state index in [1.807, 2.05) is 33.9 Å². The largest absolute Gasteiger partial charge is 0.347 e. The van der Waals surface area contributed by atoms with Gasteiger partial charge in [0.2, 0.25) is 5.95 Å². The molecule has 0 aromatic carbocycles. The molecule has 2 aromatic heterocycles. The molecule has 2 saturated heterocycles. The maximum atomic E-state index is 13.0. The SMILES string of the molecule is Cc1cc(C)nc(N2CCCC3(C2)C(NC(=O)c2cn(C)nc2C)CCN3C)n1. The number of amides is 1. The number of anilines is 1. The van der Waals surface area contributed by atoms with E-state index in [1.165, 1.54) is 0 Å². The summed E-state index contributed by atoms with van der Waals surface area (Å²) in [6.07, 6.45) is 4.86. The highest BCUT2D eigenvalue weighted by molar-refractivity contribution is 5.95. The second kappa shape index (κ2) is 7.40. The van der Waals surface area contributed by atoms with Crippen LogP contribution in [-0.4, -0.2) is 68.8 Å². The first kappa shape index (κ1) is 19.8. The van der Waals surface area contributed by atoms with E-state index in [-0.39, 0.29) is 17.5 Å². The summed E-state index contributed by atoms with van der Waals surface area (Å²) in [5, 5.41) is 7.65. The smallest absolute Gasteiger partial charge is 0.255 e. The number of carbonyl (C=O) groups is 1. The number of carbonyl (C=O) groups excluding carboxylic acids is 1. The van der Waals surface area contributed by atoms with Crippen molar-refractivity contribution in [1.82, 2.24) is 30.0 Å². The number of aromatic nitrogens is 4. The van der Waals surface area contributed by atoms with E-state index in [9.17, 15) is 4.79 Å². The molecule has 2 aliphatic heterocycles. The van der Waals surface area contributed by atoms with Crippen LogP contribution in [0.2, 0.25) is 0 Å². The lowest BCUT2D eigenvalue weighted by Crippen LogP contribution is -2.63. The van der Waals surface area contributed by atoms with Crippen molar-refractivity contribution >= 4 is 11.9 Å². The molecule has 2 aromatic rings. The van der Waals surface area contributed by atoms with Gasteiger partial charge in [0.25, 0.3) is 5.91 Å². The first-order chi connectivity index (χ1) is 13.8. The Bertz CT molecular complexity index is 903. The van der Waals surface area contributed by atoms with E-state index in [1.54, 1.807) is 10.9 Å².